The highest BCUT2D eigenvalue weighted by molar-refractivity contribution is 6.02. The zero-order chi connectivity index (χ0) is 15.0. The number of amides is 1. The first-order valence-electron chi connectivity index (χ1n) is 6.29. The number of carbonyl (C=O) groups excluding carboxylic acids is 1. The fourth-order valence-electron chi connectivity index (χ4n) is 2.06. The number of fused-ring (bicyclic) bond motifs is 1. The molecule has 0 atom stereocenters. The third-order valence-corrected chi connectivity index (χ3v) is 2.93. The Morgan fingerprint density at radius 2 is 2.05 bits per heavy atom. The van der Waals surface area contributed by atoms with Gasteiger partial charge in [-0.15, -0.1) is 0 Å². The lowest BCUT2D eigenvalue weighted by molar-refractivity contribution is 0.102. The highest BCUT2D eigenvalue weighted by Crippen LogP contribution is 2.13. The summed E-state index contributed by atoms with van der Waals surface area (Å²) in [6, 6.07) is 2.50. The Morgan fingerprint density at radius 1 is 1.24 bits per heavy atom. The van der Waals surface area contributed by atoms with E-state index in [0.29, 0.717) is 11.5 Å². The molecule has 0 saturated carbocycles. The lowest BCUT2D eigenvalue weighted by Gasteiger charge is -2.00. The van der Waals surface area contributed by atoms with Crippen molar-refractivity contribution in [2.24, 2.45) is 0 Å². The van der Waals surface area contributed by atoms with E-state index in [1.807, 2.05) is 20.0 Å². The number of anilines is 1. The molecular formula is C14H12FN5O. The maximum absolute atomic E-state index is 12.8. The number of halogens is 1. The molecule has 21 heavy (non-hydrogen) atoms. The van der Waals surface area contributed by atoms with Crippen LogP contribution >= 0.6 is 0 Å². The molecule has 0 aliphatic carbocycles. The molecule has 0 fully saturated rings. The highest BCUT2D eigenvalue weighted by atomic mass is 19.1. The Morgan fingerprint density at radius 3 is 2.76 bits per heavy atom. The fraction of sp³-hybridized carbons (Fsp3) is 0.143. The summed E-state index contributed by atoms with van der Waals surface area (Å²) in [5.41, 5.74) is 2.42. The van der Waals surface area contributed by atoms with Gasteiger partial charge in [0.1, 0.15) is 11.5 Å². The molecule has 1 amide bonds. The minimum absolute atomic E-state index is 0.125. The van der Waals surface area contributed by atoms with Crippen LogP contribution in [0.2, 0.25) is 0 Å². The number of hydrogen-bond acceptors (Lipinski definition) is 4. The average molecular weight is 285 g/mol. The number of nitrogens with zero attached hydrogens (tertiary/aromatic N) is 4. The van der Waals surface area contributed by atoms with Gasteiger partial charge in [0.2, 0.25) is 0 Å². The normalized spacial score (nSPS) is 10.8. The summed E-state index contributed by atoms with van der Waals surface area (Å²) in [5, 5.41) is 2.63. The monoisotopic (exact) mass is 285 g/mol. The van der Waals surface area contributed by atoms with Crippen molar-refractivity contribution in [2.75, 3.05) is 5.32 Å². The summed E-state index contributed by atoms with van der Waals surface area (Å²) < 4.78 is 14.6. The van der Waals surface area contributed by atoms with Crippen LogP contribution in [-0.4, -0.2) is 25.3 Å². The largest absolute Gasteiger partial charge is 0.304 e. The van der Waals surface area contributed by atoms with Gasteiger partial charge in [-0.05, 0) is 26.0 Å². The number of hydrogen-bond donors (Lipinski definition) is 1. The van der Waals surface area contributed by atoms with Crippen LogP contribution in [0.1, 0.15) is 21.9 Å². The zero-order valence-electron chi connectivity index (χ0n) is 11.5. The van der Waals surface area contributed by atoms with Crippen molar-refractivity contribution in [3.63, 3.8) is 0 Å². The predicted molar refractivity (Wildman–Crippen MR) is 74.6 cm³/mol. The van der Waals surface area contributed by atoms with Crippen LogP contribution < -0.4 is 5.32 Å². The maximum atomic E-state index is 12.8. The minimum atomic E-state index is -0.489. The molecule has 0 bridgehead atoms. The van der Waals surface area contributed by atoms with Crippen LogP contribution in [0, 0.1) is 19.7 Å². The number of rotatable bonds is 2. The summed E-state index contributed by atoms with van der Waals surface area (Å²) in [4.78, 5) is 24.3. The number of aryl methyl sites for hydroxylation is 2. The van der Waals surface area contributed by atoms with E-state index in [0.717, 1.165) is 17.6 Å². The number of aromatic nitrogens is 4. The predicted octanol–water partition coefficient (Wildman–Crippen LogP) is 2.13. The van der Waals surface area contributed by atoms with E-state index in [1.165, 1.54) is 12.1 Å². The van der Waals surface area contributed by atoms with E-state index in [4.69, 9.17) is 0 Å². The van der Waals surface area contributed by atoms with Gasteiger partial charge in [-0.3, -0.25) is 9.78 Å². The van der Waals surface area contributed by atoms with E-state index in [2.05, 4.69) is 20.3 Å². The highest BCUT2D eigenvalue weighted by Gasteiger charge is 2.11. The van der Waals surface area contributed by atoms with Gasteiger partial charge >= 0.3 is 0 Å². The van der Waals surface area contributed by atoms with Crippen LogP contribution in [0.25, 0.3) is 5.65 Å². The number of carbonyl (C=O) groups is 1. The maximum Gasteiger partial charge on any atom is 0.275 e. The lowest BCUT2D eigenvalue weighted by Crippen LogP contribution is -2.13. The topological polar surface area (TPSA) is 72.2 Å². The van der Waals surface area contributed by atoms with Crippen LogP contribution in [0.4, 0.5) is 10.2 Å². The van der Waals surface area contributed by atoms with Gasteiger partial charge in [-0.1, -0.05) is 0 Å². The van der Waals surface area contributed by atoms with Crippen LogP contribution in [0.15, 0.2) is 30.7 Å². The van der Waals surface area contributed by atoms with Gasteiger partial charge in [0, 0.05) is 6.20 Å². The molecule has 3 rings (SSSR count). The first kappa shape index (κ1) is 13.2. The third kappa shape index (κ3) is 2.58. The standard InChI is InChI=1S/C14H12FN5O/c1-8-6-20-7-12(18-13(20)9(2)17-8)19-14(21)11-4-3-10(15)5-16-11/h3-7H,1-2H3,(H,19,21). The van der Waals surface area contributed by atoms with Crippen molar-refractivity contribution in [2.45, 2.75) is 13.8 Å². The summed E-state index contributed by atoms with van der Waals surface area (Å²) in [5.74, 6) is -0.543. The quantitative estimate of drug-likeness (QED) is 0.783. The van der Waals surface area contributed by atoms with E-state index < -0.39 is 11.7 Å². The van der Waals surface area contributed by atoms with Crippen molar-refractivity contribution in [1.29, 1.82) is 0 Å². The average Bonchev–Trinajstić information content (AvgIpc) is 2.82. The SMILES string of the molecule is Cc1cn2cc(NC(=O)c3ccc(F)cn3)nc2c(C)n1. The third-order valence-electron chi connectivity index (χ3n) is 2.93. The Kier molecular flexibility index (Phi) is 3.09. The van der Waals surface area contributed by atoms with Gasteiger partial charge < -0.3 is 9.72 Å². The summed E-state index contributed by atoms with van der Waals surface area (Å²) >= 11 is 0. The molecule has 7 heteroatoms. The smallest absolute Gasteiger partial charge is 0.275 e. The minimum Gasteiger partial charge on any atom is -0.304 e. The molecule has 3 heterocycles. The first-order chi connectivity index (χ1) is 10.0. The second-order valence-electron chi connectivity index (χ2n) is 4.64. The van der Waals surface area contributed by atoms with E-state index in [1.54, 1.807) is 10.6 Å². The first-order valence-corrected chi connectivity index (χ1v) is 6.29. The molecule has 0 aliphatic rings. The van der Waals surface area contributed by atoms with E-state index in [9.17, 15) is 9.18 Å². The summed E-state index contributed by atoms with van der Waals surface area (Å²) in [6.07, 6.45) is 4.51. The van der Waals surface area contributed by atoms with Crippen molar-refractivity contribution in [1.82, 2.24) is 19.4 Å². The molecule has 3 aromatic heterocycles. The Hall–Kier alpha value is -2.83. The van der Waals surface area contributed by atoms with Gasteiger partial charge in [-0.2, -0.15) is 0 Å². The van der Waals surface area contributed by atoms with Gasteiger partial charge in [-0.25, -0.2) is 14.4 Å². The van der Waals surface area contributed by atoms with Crippen LogP contribution in [-0.2, 0) is 0 Å². The summed E-state index contributed by atoms with van der Waals surface area (Å²) in [7, 11) is 0. The van der Waals surface area contributed by atoms with E-state index >= 15 is 0 Å². The number of pyridine rings is 1. The van der Waals surface area contributed by atoms with Crippen molar-refractivity contribution >= 4 is 17.4 Å². The molecule has 0 saturated heterocycles. The van der Waals surface area contributed by atoms with Gasteiger partial charge in [0.05, 0.1) is 23.8 Å². The molecule has 0 aromatic carbocycles. The zero-order valence-corrected chi connectivity index (χ0v) is 11.5. The Bertz CT molecular complexity index is 825. The van der Waals surface area contributed by atoms with Gasteiger partial charge in [0.25, 0.3) is 5.91 Å². The second-order valence-corrected chi connectivity index (χ2v) is 4.64. The molecule has 0 radical (unpaired) electrons. The molecule has 0 aliphatic heterocycles. The number of nitrogens with one attached hydrogen (secondary N) is 1. The lowest BCUT2D eigenvalue weighted by atomic mass is 10.3. The fourth-order valence-corrected chi connectivity index (χ4v) is 2.06. The molecule has 1 N–H and O–H groups in total. The molecule has 0 unspecified atom stereocenters. The number of imidazole rings is 1. The van der Waals surface area contributed by atoms with Crippen LogP contribution in [0.3, 0.4) is 0 Å². The van der Waals surface area contributed by atoms with E-state index in [-0.39, 0.29) is 5.69 Å². The van der Waals surface area contributed by atoms with Gasteiger partial charge in [0.15, 0.2) is 11.5 Å². The van der Waals surface area contributed by atoms with Crippen LogP contribution in [0.5, 0.6) is 0 Å². The molecule has 6 nitrogen and oxygen atoms in total. The molecular weight excluding hydrogens is 273 g/mol. The second kappa shape index (κ2) is 4.93. The molecule has 3 aromatic rings. The summed E-state index contributed by atoms with van der Waals surface area (Å²) in [6.45, 7) is 3.73. The Labute approximate surface area is 119 Å². The van der Waals surface area contributed by atoms with Crippen molar-refractivity contribution < 1.29 is 9.18 Å². The van der Waals surface area contributed by atoms with Crippen molar-refractivity contribution in [3.05, 3.63) is 53.6 Å². The molecule has 0 spiro atoms. The molecule has 106 valence electrons. The Balaban J connectivity index is 1.89. The van der Waals surface area contributed by atoms with Crippen molar-refractivity contribution in [3.8, 4) is 0 Å².